The molecule has 4 rings (SSSR count). The maximum Gasteiger partial charge on any atom is 0.309 e. The van der Waals surface area contributed by atoms with Crippen LogP contribution in [0.25, 0.3) is 11.2 Å². The van der Waals surface area contributed by atoms with Gasteiger partial charge in [0, 0.05) is 12.1 Å². The average Bonchev–Trinajstić information content (AvgIpc) is 3.24. The first-order chi connectivity index (χ1) is 17.1. The first-order valence-electron chi connectivity index (χ1n) is 12.6. The topological polar surface area (TPSA) is 100 Å². The molecule has 1 aliphatic rings. The first kappa shape index (κ1) is 26.2. The Balaban J connectivity index is 1.45. The number of fused-ring (bicyclic) bond motifs is 1. The van der Waals surface area contributed by atoms with E-state index in [1.165, 1.54) is 6.07 Å². The van der Waals surface area contributed by atoms with Crippen molar-refractivity contribution < 1.29 is 19.0 Å². The van der Waals surface area contributed by atoms with E-state index in [0.29, 0.717) is 33.6 Å². The lowest BCUT2D eigenvalue weighted by atomic mass is 9.57. The van der Waals surface area contributed by atoms with Crippen molar-refractivity contribution in [2.45, 2.75) is 78.9 Å². The number of imidazole rings is 1. The molecule has 2 heterocycles. The van der Waals surface area contributed by atoms with Crippen molar-refractivity contribution in [3.05, 3.63) is 46.2 Å². The molecule has 1 saturated carbocycles. The number of aliphatic carboxylic acids is 1. The third kappa shape index (κ3) is 4.88. The number of H-pyrrole nitrogens is 1. The van der Waals surface area contributed by atoms with E-state index in [0.717, 1.165) is 44.1 Å². The van der Waals surface area contributed by atoms with Gasteiger partial charge in [0.1, 0.15) is 17.7 Å². The van der Waals surface area contributed by atoms with Crippen LogP contribution in [-0.2, 0) is 17.8 Å². The fourth-order valence-corrected chi connectivity index (χ4v) is 5.67. The summed E-state index contributed by atoms with van der Waals surface area (Å²) < 4.78 is 20.5. The van der Waals surface area contributed by atoms with Gasteiger partial charge in [-0.25, -0.2) is 9.37 Å². The molecule has 0 aliphatic heterocycles. The van der Waals surface area contributed by atoms with Crippen molar-refractivity contribution in [2.75, 3.05) is 5.32 Å². The number of hydrogen-bond acceptors (Lipinski definition) is 5. The Morgan fingerprint density at radius 3 is 2.67 bits per heavy atom. The number of aromatic amines is 1. The van der Waals surface area contributed by atoms with Crippen molar-refractivity contribution in [3.63, 3.8) is 0 Å². The van der Waals surface area contributed by atoms with Gasteiger partial charge in [0.25, 0.3) is 6.01 Å². The summed E-state index contributed by atoms with van der Waals surface area (Å²) in [4.78, 5) is 24.0. The molecule has 0 radical (unpaired) electrons. The standard InChI is InChI=1S/C27H34ClFN4O3/c1-5-16-8-7-9-20(29)18(16)15-30-22-19(28)14-21-23(32-22)33-25(31-21)36-17-10-12-27(6-2,13-11-17)26(3,4)24(34)35/h7-9,14,17H,5-6,10-13,15H2,1-4H3,(H,34,35)(H2,30,31,32,33). The molecule has 0 saturated heterocycles. The van der Waals surface area contributed by atoms with Crippen LogP contribution < -0.4 is 10.1 Å². The van der Waals surface area contributed by atoms with Gasteiger partial charge in [-0.3, -0.25) is 4.79 Å². The zero-order valence-electron chi connectivity index (χ0n) is 21.3. The average molecular weight is 517 g/mol. The van der Waals surface area contributed by atoms with Gasteiger partial charge in [0.05, 0.1) is 16.0 Å². The summed E-state index contributed by atoms with van der Waals surface area (Å²) in [5.41, 5.74) is 1.57. The number of aromatic nitrogens is 3. The van der Waals surface area contributed by atoms with E-state index in [1.807, 2.05) is 26.8 Å². The van der Waals surface area contributed by atoms with Gasteiger partial charge in [-0.15, -0.1) is 0 Å². The third-order valence-corrected chi connectivity index (χ3v) is 8.43. The normalized spacial score (nSPS) is 20.4. The van der Waals surface area contributed by atoms with Crippen LogP contribution in [0.5, 0.6) is 6.01 Å². The highest BCUT2D eigenvalue weighted by molar-refractivity contribution is 6.33. The molecule has 194 valence electrons. The molecule has 3 aromatic rings. The van der Waals surface area contributed by atoms with E-state index >= 15 is 0 Å². The van der Waals surface area contributed by atoms with Crippen molar-refractivity contribution in [2.24, 2.45) is 10.8 Å². The number of anilines is 1. The molecule has 0 unspecified atom stereocenters. The molecule has 9 heteroatoms. The number of benzene rings is 1. The van der Waals surface area contributed by atoms with Gasteiger partial charge in [0.15, 0.2) is 5.65 Å². The van der Waals surface area contributed by atoms with Gasteiger partial charge in [-0.05, 0) is 75.5 Å². The van der Waals surface area contributed by atoms with Crippen LogP contribution in [0.15, 0.2) is 24.3 Å². The first-order valence-corrected chi connectivity index (χ1v) is 12.9. The minimum absolute atomic E-state index is 0.0589. The van der Waals surface area contributed by atoms with Crippen molar-refractivity contribution in [1.29, 1.82) is 0 Å². The Bertz CT molecular complexity index is 1250. The number of aryl methyl sites for hydroxylation is 1. The summed E-state index contributed by atoms with van der Waals surface area (Å²) in [5, 5.41) is 13.3. The lowest BCUT2D eigenvalue weighted by Gasteiger charge is -2.47. The van der Waals surface area contributed by atoms with E-state index in [1.54, 1.807) is 12.1 Å². The van der Waals surface area contributed by atoms with Crippen LogP contribution in [0.4, 0.5) is 10.2 Å². The molecule has 7 nitrogen and oxygen atoms in total. The summed E-state index contributed by atoms with van der Waals surface area (Å²) in [7, 11) is 0. The van der Waals surface area contributed by atoms with Crippen molar-refractivity contribution in [1.82, 2.24) is 15.0 Å². The number of rotatable bonds is 9. The second-order valence-electron chi connectivity index (χ2n) is 10.2. The highest BCUT2D eigenvalue weighted by Gasteiger charge is 2.50. The molecule has 1 fully saturated rings. The lowest BCUT2D eigenvalue weighted by molar-refractivity contribution is -0.159. The van der Waals surface area contributed by atoms with Gasteiger partial charge in [-0.2, -0.15) is 4.98 Å². The van der Waals surface area contributed by atoms with Gasteiger partial charge in [0.2, 0.25) is 0 Å². The quantitative estimate of drug-likeness (QED) is 0.291. The number of ether oxygens (including phenoxy) is 1. The molecule has 36 heavy (non-hydrogen) atoms. The fourth-order valence-electron chi connectivity index (χ4n) is 5.45. The summed E-state index contributed by atoms with van der Waals surface area (Å²) in [6, 6.07) is 7.16. The van der Waals surface area contributed by atoms with Crippen LogP contribution >= 0.6 is 11.6 Å². The Hall–Kier alpha value is -2.87. The highest BCUT2D eigenvalue weighted by atomic mass is 35.5. The summed E-state index contributed by atoms with van der Waals surface area (Å²) in [5.74, 6) is -0.594. The van der Waals surface area contributed by atoms with E-state index in [-0.39, 0.29) is 23.9 Å². The highest BCUT2D eigenvalue weighted by Crippen LogP contribution is 2.52. The maximum absolute atomic E-state index is 14.3. The van der Waals surface area contributed by atoms with E-state index in [2.05, 4.69) is 27.2 Å². The smallest absolute Gasteiger partial charge is 0.309 e. The lowest BCUT2D eigenvalue weighted by Crippen LogP contribution is -2.47. The molecule has 0 bridgehead atoms. The predicted octanol–water partition coefficient (Wildman–Crippen LogP) is 6.75. The predicted molar refractivity (Wildman–Crippen MR) is 139 cm³/mol. The van der Waals surface area contributed by atoms with Gasteiger partial charge in [-0.1, -0.05) is 37.6 Å². The van der Waals surface area contributed by atoms with E-state index in [9.17, 15) is 14.3 Å². The number of hydrogen-bond donors (Lipinski definition) is 3. The Morgan fingerprint density at radius 1 is 1.31 bits per heavy atom. The van der Waals surface area contributed by atoms with E-state index in [4.69, 9.17) is 16.3 Å². The number of carbonyl (C=O) groups is 1. The summed E-state index contributed by atoms with van der Waals surface area (Å²) in [6.45, 7) is 7.98. The van der Waals surface area contributed by atoms with Crippen LogP contribution in [0, 0.1) is 16.6 Å². The molecule has 1 aromatic carbocycles. The molecular weight excluding hydrogens is 483 g/mol. The van der Waals surface area contributed by atoms with Crippen molar-refractivity contribution >= 4 is 34.6 Å². The Kier molecular flexibility index (Phi) is 7.46. The van der Waals surface area contributed by atoms with Crippen LogP contribution in [0.3, 0.4) is 0 Å². The third-order valence-electron chi connectivity index (χ3n) is 8.14. The molecule has 2 aromatic heterocycles. The summed E-state index contributed by atoms with van der Waals surface area (Å²) in [6.07, 6.45) is 4.55. The van der Waals surface area contributed by atoms with Gasteiger partial charge < -0.3 is 20.1 Å². The second-order valence-corrected chi connectivity index (χ2v) is 10.6. The zero-order valence-corrected chi connectivity index (χ0v) is 22.0. The second kappa shape index (κ2) is 10.2. The van der Waals surface area contributed by atoms with Crippen LogP contribution in [0.1, 0.15) is 70.9 Å². The largest absolute Gasteiger partial charge is 0.481 e. The molecule has 0 atom stereocenters. The minimum Gasteiger partial charge on any atom is -0.481 e. The van der Waals surface area contributed by atoms with Crippen LogP contribution in [0.2, 0.25) is 5.02 Å². The number of carboxylic acid groups (broad SMARTS) is 1. The van der Waals surface area contributed by atoms with Gasteiger partial charge >= 0.3 is 5.97 Å². The van der Waals surface area contributed by atoms with Crippen molar-refractivity contribution in [3.8, 4) is 6.01 Å². The molecule has 0 amide bonds. The number of nitrogens with one attached hydrogen (secondary N) is 2. The number of carboxylic acids is 1. The number of halogens is 2. The number of pyridine rings is 1. The monoisotopic (exact) mass is 516 g/mol. The Labute approximate surface area is 215 Å². The molecular formula is C27H34ClFN4O3. The summed E-state index contributed by atoms with van der Waals surface area (Å²) >= 11 is 6.44. The molecule has 0 spiro atoms. The molecule has 3 N–H and O–H groups in total. The SMILES string of the molecule is CCc1cccc(F)c1CNc1nc2nc(OC3CCC(CC)(C(C)(C)C(=O)O)CC3)[nH]c2cc1Cl. The molecule has 1 aliphatic carbocycles. The minimum atomic E-state index is -0.795. The van der Waals surface area contributed by atoms with Crippen LogP contribution in [-0.4, -0.2) is 32.1 Å². The fraction of sp³-hybridized carbons (Fsp3) is 0.519. The maximum atomic E-state index is 14.3. The number of nitrogens with zero attached hydrogens (tertiary/aromatic N) is 2. The Morgan fingerprint density at radius 2 is 2.03 bits per heavy atom. The van der Waals surface area contributed by atoms with E-state index < -0.39 is 11.4 Å². The zero-order chi connectivity index (χ0) is 26.1.